The molecule has 0 atom stereocenters. The Hall–Kier alpha value is -2.21. The van der Waals surface area contributed by atoms with Crippen LogP contribution < -0.4 is 4.74 Å². The van der Waals surface area contributed by atoms with Crippen LogP contribution in [0.25, 0.3) is 16.2 Å². The fourth-order valence-electron chi connectivity index (χ4n) is 1.99. The Labute approximate surface area is 119 Å². The van der Waals surface area contributed by atoms with Gasteiger partial charge in [-0.15, -0.1) is 0 Å². The molecule has 3 rings (SSSR count). The van der Waals surface area contributed by atoms with E-state index in [0.717, 1.165) is 17.6 Å². The number of imidazole rings is 1. The van der Waals surface area contributed by atoms with E-state index in [9.17, 15) is 4.79 Å². The molecule has 2 aromatic heterocycles. The van der Waals surface area contributed by atoms with Gasteiger partial charge in [0.2, 0.25) is 4.96 Å². The SMILES string of the molecule is CC(C)Oc1ccc(-c2nc3scnn3c2C=O)cc1. The minimum absolute atomic E-state index is 0.133. The average Bonchev–Trinajstić information content (AvgIpc) is 2.98. The third-order valence-corrected chi connectivity index (χ3v) is 3.47. The highest BCUT2D eigenvalue weighted by Gasteiger charge is 2.15. The molecule has 20 heavy (non-hydrogen) atoms. The van der Waals surface area contributed by atoms with E-state index in [0.29, 0.717) is 16.3 Å². The van der Waals surface area contributed by atoms with Gasteiger partial charge in [0.15, 0.2) is 6.29 Å². The van der Waals surface area contributed by atoms with E-state index in [1.165, 1.54) is 11.3 Å². The lowest BCUT2D eigenvalue weighted by atomic mass is 10.1. The second kappa shape index (κ2) is 5.05. The van der Waals surface area contributed by atoms with Gasteiger partial charge in [0.1, 0.15) is 22.6 Å². The normalized spacial score (nSPS) is 11.2. The number of fused-ring (bicyclic) bond motifs is 1. The highest BCUT2D eigenvalue weighted by molar-refractivity contribution is 7.14. The van der Waals surface area contributed by atoms with Crippen LogP contribution in [0.4, 0.5) is 0 Å². The summed E-state index contributed by atoms with van der Waals surface area (Å²) in [6.07, 6.45) is 0.918. The minimum atomic E-state index is 0.133. The first-order valence-corrected chi connectivity index (χ1v) is 7.11. The number of aldehydes is 1. The second-order valence-corrected chi connectivity index (χ2v) is 5.40. The molecule has 5 nitrogen and oxygen atoms in total. The van der Waals surface area contributed by atoms with Gasteiger partial charge >= 0.3 is 0 Å². The van der Waals surface area contributed by atoms with Crippen molar-refractivity contribution in [2.45, 2.75) is 20.0 Å². The average molecular weight is 287 g/mol. The van der Waals surface area contributed by atoms with E-state index in [1.807, 2.05) is 38.1 Å². The lowest BCUT2D eigenvalue weighted by Crippen LogP contribution is -2.05. The molecular weight excluding hydrogens is 274 g/mol. The topological polar surface area (TPSA) is 56.5 Å². The molecular formula is C14H13N3O2S. The molecule has 102 valence electrons. The summed E-state index contributed by atoms with van der Waals surface area (Å²) in [5.74, 6) is 0.801. The van der Waals surface area contributed by atoms with Crippen molar-refractivity contribution in [1.29, 1.82) is 0 Å². The van der Waals surface area contributed by atoms with Crippen molar-refractivity contribution in [1.82, 2.24) is 14.6 Å². The predicted molar refractivity (Wildman–Crippen MR) is 77.5 cm³/mol. The Morgan fingerprint density at radius 2 is 2.05 bits per heavy atom. The molecule has 0 radical (unpaired) electrons. The van der Waals surface area contributed by atoms with Crippen molar-refractivity contribution in [3.05, 3.63) is 35.5 Å². The summed E-state index contributed by atoms with van der Waals surface area (Å²) >= 11 is 1.40. The fourth-order valence-corrected chi connectivity index (χ4v) is 2.62. The van der Waals surface area contributed by atoms with Gasteiger partial charge in [0.25, 0.3) is 0 Å². The van der Waals surface area contributed by atoms with Gasteiger partial charge in [0.05, 0.1) is 6.10 Å². The van der Waals surface area contributed by atoms with Gasteiger partial charge in [-0.05, 0) is 38.1 Å². The molecule has 0 saturated carbocycles. The van der Waals surface area contributed by atoms with Crippen LogP contribution in [-0.4, -0.2) is 27.0 Å². The number of ether oxygens (including phenoxy) is 1. The number of aromatic nitrogens is 3. The van der Waals surface area contributed by atoms with Crippen molar-refractivity contribution < 1.29 is 9.53 Å². The number of benzene rings is 1. The Morgan fingerprint density at radius 1 is 1.30 bits per heavy atom. The number of carbonyl (C=O) groups is 1. The summed E-state index contributed by atoms with van der Waals surface area (Å²) in [5, 5.41) is 4.11. The number of hydrogen-bond acceptors (Lipinski definition) is 5. The highest BCUT2D eigenvalue weighted by atomic mass is 32.1. The van der Waals surface area contributed by atoms with Crippen LogP contribution in [-0.2, 0) is 0 Å². The first kappa shape index (κ1) is 12.8. The van der Waals surface area contributed by atoms with Crippen molar-refractivity contribution in [3.8, 4) is 17.0 Å². The first-order chi connectivity index (χ1) is 9.69. The number of hydrogen-bond donors (Lipinski definition) is 0. The summed E-state index contributed by atoms with van der Waals surface area (Å²) in [6, 6.07) is 7.56. The number of nitrogens with zero attached hydrogens (tertiary/aromatic N) is 3. The smallest absolute Gasteiger partial charge is 0.213 e. The van der Waals surface area contributed by atoms with Crippen molar-refractivity contribution in [2.75, 3.05) is 0 Å². The summed E-state index contributed by atoms with van der Waals surface area (Å²) in [5.41, 5.74) is 3.66. The standard InChI is InChI=1S/C14H13N3O2S/c1-9(2)19-11-5-3-10(4-6-11)13-12(7-18)17-14(16-13)20-8-15-17/h3-9H,1-2H3. The van der Waals surface area contributed by atoms with Crippen LogP contribution in [0.2, 0.25) is 0 Å². The van der Waals surface area contributed by atoms with E-state index in [1.54, 1.807) is 10.0 Å². The first-order valence-electron chi connectivity index (χ1n) is 6.23. The molecule has 0 spiro atoms. The van der Waals surface area contributed by atoms with Crippen molar-refractivity contribution in [2.24, 2.45) is 0 Å². The maximum atomic E-state index is 11.3. The third kappa shape index (κ3) is 2.18. The number of rotatable bonds is 4. The zero-order valence-electron chi connectivity index (χ0n) is 11.1. The van der Waals surface area contributed by atoms with Crippen LogP contribution in [0.15, 0.2) is 29.8 Å². The summed E-state index contributed by atoms with van der Waals surface area (Å²) in [7, 11) is 0. The summed E-state index contributed by atoms with van der Waals surface area (Å²) in [6.45, 7) is 3.96. The molecule has 0 aliphatic rings. The molecule has 0 saturated heterocycles. The lowest BCUT2D eigenvalue weighted by Gasteiger charge is -2.09. The van der Waals surface area contributed by atoms with E-state index in [-0.39, 0.29) is 6.10 Å². The van der Waals surface area contributed by atoms with Crippen LogP contribution in [0.1, 0.15) is 24.3 Å². The Kier molecular flexibility index (Phi) is 3.23. The molecule has 0 amide bonds. The summed E-state index contributed by atoms with van der Waals surface area (Å²) < 4.78 is 7.16. The van der Waals surface area contributed by atoms with Gasteiger partial charge in [-0.1, -0.05) is 11.3 Å². The van der Waals surface area contributed by atoms with Crippen LogP contribution in [0.3, 0.4) is 0 Å². The molecule has 6 heteroatoms. The van der Waals surface area contributed by atoms with Crippen LogP contribution >= 0.6 is 11.3 Å². The van der Waals surface area contributed by atoms with Gasteiger partial charge in [0, 0.05) is 5.56 Å². The molecule has 0 aliphatic carbocycles. The second-order valence-electron chi connectivity index (χ2n) is 4.59. The maximum Gasteiger partial charge on any atom is 0.213 e. The number of carbonyl (C=O) groups excluding carboxylic acids is 1. The van der Waals surface area contributed by atoms with E-state index in [4.69, 9.17) is 4.74 Å². The predicted octanol–water partition coefficient (Wildman–Crippen LogP) is 3.06. The van der Waals surface area contributed by atoms with Crippen molar-refractivity contribution in [3.63, 3.8) is 0 Å². The molecule has 0 N–H and O–H groups in total. The molecule has 0 unspecified atom stereocenters. The van der Waals surface area contributed by atoms with Crippen LogP contribution in [0.5, 0.6) is 5.75 Å². The lowest BCUT2D eigenvalue weighted by molar-refractivity contribution is 0.111. The Balaban J connectivity index is 2.02. The van der Waals surface area contributed by atoms with Gasteiger partial charge in [-0.25, -0.2) is 4.98 Å². The zero-order valence-corrected chi connectivity index (χ0v) is 11.9. The van der Waals surface area contributed by atoms with E-state index in [2.05, 4.69) is 10.1 Å². The monoisotopic (exact) mass is 287 g/mol. The van der Waals surface area contributed by atoms with Gasteiger partial charge in [-0.2, -0.15) is 9.61 Å². The third-order valence-electron chi connectivity index (χ3n) is 2.79. The molecule has 2 heterocycles. The largest absolute Gasteiger partial charge is 0.491 e. The highest BCUT2D eigenvalue weighted by Crippen LogP contribution is 2.26. The van der Waals surface area contributed by atoms with E-state index >= 15 is 0 Å². The molecule has 1 aromatic carbocycles. The van der Waals surface area contributed by atoms with Crippen molar-refractivity contribution >= 4 is 22.6 Å². The molecule has 0 bridgehead atoms. The fraction of sp³-hybridized carbons (Fsp3) is 0.214. The molecule has 0 aliphatic heterocycles. The zero-order chi connectivity index (χ0) is 14.1. The minimum Gasteiger partial charge on any atom is -0.491 e. The Morgan fingerprint density at radius 3 is 2.70 bits per heavy atom. The van der Waals surface area contributed by atoms with E-state index < -0.39 is 0 Å². The maximum absolute atomic E-state index is 11.3. The molecule has 3 aromatic rings. The Bertz CT molecular complexity index is 743. The van der Waals surface area contributed by atoms with Gasteiger partial charge in [-0.3, -0.25) is 4.79 Å². The quantitative estimate of drug-likeness (QED) is 0.692. The molecule has 0 fully saturated rings. The van der Waals surface area contributed by atoms with Gasteiger partial charge < -0.3 is 4.74 Å². The summed E-state index contributed by atoms with van der Waals surface area (Å²) in [4.78, 5) is 16.4. The van der Waals surface area contributed by atoms with Crippen LogP contribution in [0, 0.1) is 0 Å².